The van der Waals surface area contributed by atoms with Crippen molar-refractivity contribution in [3.8, 4) is 0 Å². The number of rotatable bonds is 9. The molecule has 0 aliphatic heterocycles. The fraction of sp³-hybridized carbons (Fsp3) is 0.586. The molecule has 5 nitrogen and oxygen atoms in total. The number of hydrogen-bond donors (Lipinski definition) is 0. The fourth-order valence-electron chi connectivity index (χ4n) is 4.90. The maximum atomic E-state index is 13.8. The van der Waals surface area contributed by atoms with Gasteiger partial charge in [0.1, 0.15) is 0 Å². The molecule has 0 atom stereocenters. The van der Waals surface area contributed by atoms with Crippen LogP contribution >= 0.6 is 0 Å². The number of nitrogens with zero attached hydrogens (tertiary/aromatic N) is 3. The third-order valence-electron chi connectivity index (χ3n) is 6.63. The number of aromatic nitrogens is 1. The summed E-state index contributed by atoms with van der Waals surface area (Å²) in [5.74, 6) is 0.425. The summed E-state index contributed by atoms with van der Waals surface area (Å²) < 4.78 is 2.24. The largest absolute Gasteiger partial charge is 0.345 e. The van der Waals surface area contributed by atoms with E-state index in [1.165, 1.54) is 12.0 Å². The Labute approximate surface area is 206 Å². The first kappa shape index (κ1) is 26.1. The second-order valence-electron chi connectivity index (χ2n) is 11.3. The Balaban J connectivity index is 1.81. The molecule has 2 amide bonds. The number of carbonyl (C=O) groups is 2. The first-order chi connectivity index (χ1) is 16.1. The second kappa shape index (κ2) is 11.7. The molecule has 1 aliphatic rings. The Kier molecular flexibility index (Phi) is 8.98. The fourth-order valence-corrected chi connectivity index (χ4v) is 4.90. The van der Waals surface area contributed by atoms with Crippen molar-refractivity contribution < 1.29 is 9.59 Å². The molecule has 1 aromatic heterocycles. The average Bonchev–Trinajstić information content (AvgIpc) is 3.23. The highest BCUT2D eigenvalue weighted by atomic mass is 16.2. The lowest BCUT2D eigenvalue weighted by atomic mass is 9.93. The van der Waals surface area contributed by atoms with Crippen molar-refractivity contribution in [1.82, 2.24) is 14.4 Å². The van der Waals surface area contributed by atoms with Crippen LogP contribution < -0.4 is 0 Å². The molecule has 1 fully saturated rings. The average molecular weight is 466 g/mol. The third-order valence-corrected chi connectivity index (χ3v) is 6.63. The van der Waals surface area contributed by atoms with Crippen LogP contribution in [-0.4, -0.2) is 45.3 Å². The Hall–Kier alpha value is -2.56. The SMILES string of the molecule is CC(C)CN(CC(=O)N(Cc1cccn1Cc1ccccc1)C1CCCCC1)C(=O)C(C)(C)C. The zero-order chi connectivity index (χ0) is 24.7. The van der Waals surface area contributed by atoms with Crippen LogP contribution in [0.2, 0.25) is 0 Å². The molecule has 2 aromatic rings. The minimum atomic E-state index is -0.505. The van der Waals surface area contributed by atoms with E-state index in [1.807, 2.05) is 26.8 Å². The lowest BCUT2D eigenvalue weighted by molar-refractivity contribution is -0.147. The van der Waals surface area contributed by atoms with Crippen LogP contribution in [0.3, 0.4) is 0 Å². The lowest BCUT2D eigenvalue weighted by Crippen LogP contribution is -2.50. The summed E-state index contributed by atoms with van der Waals surface area (Å²) in [6, 6.07) is 14.9. The van der Waals surface area contributed by atoms with Crippen LogP contribution in [0.25, 0.3) is 0 Å². The van der Waals surface area contributed by atoms with Gasteiger partial charge in [-0.25, -0.2) is 0 Å². The first-order valence-corrected chi connectivity index (χ1v) is 12.9. The maximum Gasteiger partial charge on any atom is 0.242 e. The van der Waals surface area contributed by atoms with Gasteiger partial charge in [0.25, 0.3) is 0 Å². The minimum Gasteiger partial charge on any atom is -0.345 e. The van der Waals surface area contributed by atoms with Gasteiger partial charge < -0.3 is 14.4 Å². The van der Waals surface area contributed by atoms with E-state index in [-0.39, 0.29) is 24.4 Å². The molecule has 3 rings (SSSR count). The van der Waals surface area contributed by atoms with E-state index in [2.05, 4.69) is 65.9 Å². The van der Waals surface area contributed by atoms with E-state index < -0.39 is 5.41 Å². The van der Waals surface area contributed by atoms with Gasteiger partial charge in [0.15, 0.2) is 0 Å². The van der Waals surface area contributed by atoms with E-state index in [9.17, 15) is 9.59 Å². The highest BCUT2D eigenvalue weighted by Gasteiger charge is 2.32. The molecule has 0 bridgehead atoms. The zero-order valence-corrected chi connectivity index (χ0v) is 21.8. The van der Waals surface area contributed by atoms with Crippen LogP contribution in [0.15, 0.2) is 48.7 Å². The van der Waals surface area contributed by atoms with Crippen molar-refractivity contribution in [2.45, 2.75) is 85.9 Å². The van der Waals surface area contributed by atoms with Gasteiger partial charge in [0, 0.05) is 36.4 Å². The second-order valence-corrected chi connectivity index (χ2v) is 11.3. The van der Waals surface area contributed by atoms with E-state index in [0.29, 0.717) is 19.0 Å². The summed E-state index contributed by atoms with van der Waals surface area (Å²) in [6.45, 7) is 12.1. The Morgan fingerprint density at radius 2 is 1.68 bits per heavy atom. The summed E-state index contributed by atoms with van der Waals surface area (Å²) in [6.07, 6.45) is 7.75. The van der Waals surface area contributed by atoms with Gasteiger partial charge >= 0.3 is 0 Å². The number of hydrogen-bond acceptors (Lipinski definition) is 2. The highest BCUT2D eigenvalue weighted by Crippen LogP contribution is 2.26. The number of benzene rings is 1. The van der Waals surface area contributed by atoms with Gasteiger partial charge in [-0.3, -0.25) is 9.59 Å². The molecule has 0 radical (unpaired) electrons. The molecule has 0 spiro atoms. The van der Waals surface area contributed by atoms with E-state index in [1.54, 1.807) is 4.90 Å². The van der Waals surface area contributed by atoms with Crippen LogP contribution in [0.1, 0.15) is 78.0 Å². The summed E-state index contributed by atoms with van der Waals surface area (Å²) >= 11 is 0. The molecule has 34 heavy (non-hydrogen) atoms. The molecule has 0 N–H and O–H groups in total. The topological polar surface area (TPSA) is 45.6 Å². The molecule has 1 saturated carbocycles. The molecule has 1 aliphatic carbocycles. The molecular formula is C29H43N3O2. The van der Waals surface area contributed by atoms with Crippen molar-refractivity contribution >= 4 is 11.8 Å². The quantitative estimate of drug-likeness (QED) is 0.475. The summed E-state index contributed by atoms with van der Waals surface area (Å²) in [4.78, 5) is 30.8. The smallest absolute Gasteiger partial charge is 0.242 e. The Morgan fingerprint density at radius 3 is 2.29 bits per heavy atom. The van der Waals surface area contributed by atoms with Gasteiger partial charge in [-0.05, 0) is 36.5 Å². The molecule has 186 valence electrons. The van der Waals surface area contributed by atoms with Gasteiger partial charge in [-0.15, -0.1) is 0 Å². The Morgan fingerprint density at radius 1 is 1.00 bits per heavy atom. The van der Waals surface area contributed by atoms with Crippen molar-refractivity contribution in [1.29, 1.82) is 0 Å². The first-order valence-electron chi connectivity index (χ1n) is 12.9. The van der Waals surface area contributed by atoms with Gasteiger partial charge in [0.05, 0.1) is 13.1 Å². The monoisotopic (exact) mass is 465 g/mol. The zero-order valence-electron chi connectivity index (χ0n) is 21.8. The highest BCUT2D eigenvalue weighted by molar-refractivity contribution is 5.87. The molecule has 0 saturated heterocycles. The van der Waals surface area contributed by atoms with Gasteiger partial charge in [0.2, 0.25) is 11.8 Å². The molecule has 0 unspecified atom stereocenters. The van der Waals surface area contributed by atoms with Crippen LogP contribution in [0.5, 0.6) is 0 Å². The van der Waals surface area contributed by atoms with Gasteiger partial charge in [-0.1, -0.05) is 84.2 Å². The van der Waals surface area contributed by atoms with Crippen molar-refractivity contribution in [2.24, 2.45) is 11.3 Å². The number of carbonyl (C=O) groups excluding carboxylic acids is 2. The molecule has 1 heterocycles. The minimum absolute atomic E-state index is 0.0468. The van der Waals surface area contributed by atoms with Gasteiger partial charge in [-0.2, -0.15) is 0 Å². The van der Waals surface area contributed by atoms with Crippen molar-refractivity contribution in [2.75, 3.05) is 13.1 Å². The van der Waals surface area contributed by atoms with E-state index in [0.717, 1.165) is 37.9 Å². The van der Waals surface area contributed by atoms with E-state index in [4.69, 9.17) is 0 Å². The summed E-state index contributed by atoms with van der Waals surface area (Å²) in [5, 5.41) is 0. The molecule has 1 aromatic carbocycles. The standard InChI is InChI=1S/C29H43N3O2/c1-23(2)19-31(28(34)29(3,4)5)22-27(33)32(25-15-10-7-11-16-25)21-26-17-12-18-30(26)20-24-13-8-6-9-14-24/h6,8-9,12-14,17-18,23,25H,7,10-11,15-16,19-22H2,1-5H3. The van der Waals surface area contributed by atoms with Crippen molar-refractivity contribution in [3.05, 3.63) is 59.9 Å². The third kappa shape index (κ3) is 7.22. The van der Waals surface area contributed by atoms with Crippen LogP contribution in [0.4, 0.5) is 0 Å². The lowest BCUT2D eigenvalue weighted by Gasteiger charge is -2.37. The predicted molar refractivity (Wildman–Crippen MR) is 138 cm³/mol. The normalized spacial score (nSPS) is 14.9. The van der Waals surface area contributed by atoms with Crippen molar-refractivity contribution in [3.63, 3.8) is 0 Å². The van der Waals surface area contributed by atoms with Crippen LogP contribution in [0, 0.1) is 11.3 Å². The predicted octanol–water partition coefficient (Wildman–Crippen LogP) is 5.73. The molecular weight excluding hydrogens is 422 g/mol. The molecule has 5 heteroatoms. The van der Waals surface area contributed by atoms with Crippen LogP contribution in [-0.2, 0) is 22.7 Å². The summed E-state index contributed by atoms with van der Waals surface area (Å²) in [7, 11) is 0. The Bertz CT molecular complexity index is 920. The maximum absolute atomic E-state index is 13.8. The number of amides is 2. The van der Waals surface area contributed by atoms with E-state index >= 15 is 0 Å². The summed E-state index contributed by atoms with van der Waals surface area (Å²) in [5.41, 5.74) is 1.88.